The van der Waals surface area contributed by atoms with Gasteiger partial charge in [-0.1, -0.05) is 0 Å². The van der Waals surface area contributed by atoms with Crippen LogP contribution in [0.25, 0.3) is 11.3 Å². The standard InChI is InChI=1S/C19H15F4N5O3S/c20-11-8-13(14(21)15(22)16(11)28-32(29,30)9-19(23)4-5-19)31-17-10(2-1-6-25-17)12-3-7-26-18(24)27-12/h1-3,6-8,28H,4-5,9H2,(H2,24,26,27). The molecule has 3 N–H and O–H groups in total. The Bertz CT molecular complexity index is 1300. The highest BCUT2D eigenvalue weighted by molar-refractivity contribution is 7.92. The first-order chi connectivity index (χ1) is 15.1. The summed E-state index contributed by atoms with van der Waals surface area (Å²) in [5.74, 6) is -7.18. The lowest BCUT2D eigenvalue weighted by atomic mass is 10.2. The molecule has 2 heterocycles. The van der Waals surface area contributed by atoms with E-state index < -0.39 is 50.3 Å². The molecular weight excluding hydrogens is 454 g/mol. The second-order valence-corrected chi connectivity index (χ2v) is 8.85. The van der Waals surface area contributed by atoms with E-state index in [0.717, 1.165) is 0 Å². The lowest BCUT2D eigenvalue weighted by molar-refractivity contribution is 0.341. The summed E-state index contributed by atoms with van der Waals surface area (Å²) in [7, 11) is -4.46. The van der Waals surface area contributed by atoms with Crippen LogP contribution in [0.4, 0.5) is 29.2 Å². The summed E-state index contributed by atoms with van der Waals surface area (Å²) in [6.45, 7) is 0. The first-order valence-corrected chi connectivity index (χ1v) is 10.8. The van der Waals surface area contributed by atoms with Gasteiger partial charge in [-0.05, 0) is 31.0 Å². The zero-order valence-corrected chi connectivity index (χ0v) is 17.0. The average molecular weight is 469 g/mol. The molecule has 1 fully saturated rings. The maximum Gasteiger partial charge on any atom is 0.236 e. The second kappa shape index (κ2) is 7.89. The van der Waals surface area contributed by atoms with Gasteiger partial charge in [-0.15, -0.1) is 0 Å². The van der Waals surface area contributed by atoms with Crippen molar-refractivity contribution in [1.82, 2.24) is 15.0 Å². The van der Waals surface area contributed by atoms with Crippen molar-refractivity contribution in [3.05, 3.63) is 54.1 Å². The molecule has 32 heavy (non-hydrogen) atoms. The van der Waals surface area contributed by atoms with Crippen LogP contribution in [0.3, 0.4) is 0 Å². The monoisotopic (exact) mass is 469 g/mol. The number of anilines is 2. The average Bonchev–Trinajstić information content (AvgIpc) is 3.45. The topological polar surface area (TPSA) is 120 Å². The van der Waals surface area contributed by atoms with Gasteiger partial charge < -0.3 is 10.5 Å². The van der Waals surface area contributed by atoms with E-state index in [2.05, 4.69) is 15.0 Å². The minimum absolute atomic E-state index is 0.0183. The highest BCUT2D eigenvalue weighted by atomic mass is 32.2. The molecule has 1 aromatic carbocycles. The minimum Gasteiger partial charge on any atom is -0.435 e. The molecule has 0 bridgehead atoms. The third kappa shape index (κ3) is 4.56. The summed E-state index contributed by atoms with van der Waals surface area (Å²) in [6.07, 6.45) is 2.69. The van der Waals surface area contributed by atoms with Crippen LogP contribution in [0, 0.1) is 17.5 Å². The molecule has 1 saturated carbocycles. The van der Waals surface area contributed by atoms with Crippen molar-refractivity contribution in [2.24, 2.45) is 0 Å². The summed E-state index contributed by atoms with van der Waals surface area (Å²) in [5, 5.41) is 0. The van der Waals surface area contributed by atoms with Crippen molar-refractivity contribution in [3.63, 3.8) is 0 Å². The van der Waals surface area contributed by atoms with E-state index in [9.17, 15) is 26.0 Å². The van der Waals surface area contributed by atoms with Crippen LogP contribution in [-0.2, 0) is 10.0 Å². The minimum atomic E-state index is -4.46. The fourth-order valence-electron chi connectivity index (χ4n) is 2.85. The van der Waals surface area contributed by atoms with Crippen molar-refractivity contribution >= 4 is 21.7 Å². The number of nitrogens with zero attached hydrogens (tertiary/aromatic N) is 3. The molecule has 4 rings (SSSR count). The number of nitrogens with two attached hydrogens (primary N) is 1. The maximum atomic E-state index is 14.6. The van der Waals surface area contributed by atoms with Crippen LogP contribution in [-0.4, -0.2) is 34.8 Å². The van der Waals surface area contributed by atoms with Gasteiger partial charge in [0.25, 0.3) is 0 Å². The van der Waals surface area contributed by atoms with E-state index in [1.54, 1.807) is 4.72 Å². The molecule has 0 atom stereocenters. The molecule has 0 spiro atoms. The quantitative estimate of drug-likeness (QED) is 0.401. The molecule has 0 radical (unpaired) electrons. The Morgan fingerprint density at radius 2 is 1.88 bits per heavy atom. The second-order valence-electron chi connectivity index (χ2n) is 7.13. The number of sulfonamides is 1. The summed E-state index contributed by atoms with van der Waals surface area (Å²) >= 11 is 0. The highest BCUT2D eigenvalue weighted by Gasteiger charge is 2.47. The van der Waals surface area contributed by atoms with Crippen LogP contribution in [0.15, 0.2) is 36.7 Å². The van der Waals surface area contributed by atoms with Crippen molar-refractivity contribution in [2.75, 3.05) is 16.2 Å². The van der Waals surface area contributed by atoms with Crippen LogP contribution < -0.4 is 15.2 Å². The number of hydrogen-bond donors (Lipinski definition) is 2. The Balaban J connectivity index is 1.66. The number of pyridine rings is 1. The van der Waals surface area contributed by atoms with Gasteiger partial charge in [0.15, 0.2) is 17.4 Å². The molecule has 13 heteroatoms. The molecule has 0 aliphatic heterocycles. The third-order valence-corrected chi connectivity index (χ3v) is 5.96. The maximum absolute atomic E-state index is 14.6. The molecule has 0 amide bonds. The van der Waals surface area contributed by atoms with E-state index in [-0.39, 0.29) is 35.9 Å². The van der Waals surface area contributed by atoms with Crippen molar-refractivity contribution in [3.8, 4) is 22.9 Å². The molecule has 168 valence electrons. The predicted octanol–water partition coefficient (Wildman–Crippen LogP) is 3.57. The number of ether oxygens (including phenoxy) is 1. The van der Waals surface area contributed by atoms with E-state index in [1.807, 2.05) is 0 Å². The molecule has 0 saturated heterocycles. The Labute approximate surface area is 179 Å². The van der Waals surface area contributed by atoms with Gasteiger partial charge >= 0.3 is 0 Å². The zero-order valence-electron chi connectivity index (χ0n) is 16.1. The fraction of sp³-hybridized carbons (Fsp3) is 0.211. The number of rotatable bonds is 7. The largest absolute Gasteiger partial charge is 0.435 e. The third-order valence-electron chi connectivity index (χ3n) is 4.55. The lowest BCUT2D eigenvalue weighted by Crippen LogP contribution is -2.25. The Morgan fingerprint density at radius 1 is 1.12 bits per heavy atom. The van der Waals surface area contributed by atoms with E-state index >= 15 is 0 Å². The molecule has 8 nitrogen and oxygen atoms in total. The van der Waals surface area contributed by atoms with Crippen LogP contribution in [0.2, 0.25) is 0 Å². The zero-order chi connectivity index (χ0) is 23.1. The number of aromatic nitrogens is 3. The number of nitrogens with one attached hydrogen (secondary N) is 1. The SMILES string of the molecule is Nc1nccc(-c2cccnc2Oc2cc(F)c(NS(=O)(=O)CC3(F)CC3)c(F)c2F)n1. The Hall–Kier alpha value is -3.48. The van der Waals surface area contributed by atoms with E-state index in [4.69, 9.17) is 10.5 Å². The smallest absolute Gasteiger partial charge is 0.236 e. The van der Waals surface area contributed by atoms with Gasteiger partial charge in [0.2, 0.25) is 27.7 Å². The molecular formula is C19H15F4N5O3S. The van der Waals surface area contributed by atoms with Gasteiger partial charge in [0.05, 0.1) is 11.3 Å². The molecule has 1 aliphatic carbocycles. The lowest BCUT2D eigenvalue weighted by Gasteiger charge is -2.14. The molecule has 2 aromatic heterocycles. The van der Waals surface area contributed by atoms with Gasteiger partial charge in [-0.3, -0.25) is 4.72 Å². The summed E-state index contributed by atoms with van der Waals surface area (Å²) in [4.78, 5) is 11.7. The van der Waals surface area contributed by atoms with E-state index in [1.165, 1.54) is 30.6 Å². The Morgan fingerprint density at radius 3 is 2.56 bits per heavy atom. The number of alkyl halides is 1. The molecule has 1 aliphatic rings. The summed E-state index contributed by atoms with van der Waals surface area (Å²) in [6, 6.07) is 4.94. The normalized spacial score (nSPS) is 14.8. The first kappa shape index (κ1) is 21.7. The van der Waals surface area contributed by atoms with Crippen LogP contribution in [0.1, 0.15) is 12.8 Å². The number of nitrogen functional groups attached to an aromatic ring is 1. The van der Waals surface area contributed by atoms with Gasteiger partial charge in [-0.2, -0.15) is 4.39 Å². The van der Waals surface area contributed by atoms with Crippen LogP contribution >= 0.6 is 0 Å². The van der Waals surface area contributed by atoms with Crippen molar-refractivity contribution in [2.45, 2.75) is 18.5 Å². The summed E-state index contributed by atoms with van der Waals surface area (Å²) < 4.78 is 88.2. The van der Waals surface area contributed by atoms with Crippen molar-refractivity contribution in [1.29, 1.82) is 0 Å². The molecule has 0 unspecified atom stereocenters. The number of hydrogen-bond acceptors (Lipinski definition) is 7. The van der Waals surface area contributed by atoms with E-state index in [0.29, 0.717) is 6.07 Å². The van der Waals surface area contributed by atoms with Gasteiger partial charge in [0.1, 0.15) is 17.1 Å². The summed E-state index contributed by atoms with van der Waals surface area (Å²) in [5.41, 5.74) is 2.81. The predicted molar refractivity (Wildman–Crippen MR) is 107 cm³/mol. The number of benzene rings is 1. The first-order valence-electron chi connectivity index (χ1n) is 9.16. The Kier molecular flexibility index (Phi) is 5.36. The highest BCUT2D eigenvalue weighted by Crippen LogP contribution is 2.41. The van der Waals surface area contributed by atoms with Gasteiger partial charge in [0, 0.05) is 18.5 Å². The fourth-order valence-corrected chi connectivity index (χ4v) is 4.39. The van der Waals surface area contributed by atoms with Crippen LogP contribution in [0.5, 0.6) is 11.6 Å². The number of halogens is 4. The van der Waals surface area contributed by atoms with Gasteiger partial charge in [-0.25, -0.2) is 36.5 Å². The van der Waals surface area contributed by atoms with Crippen molar-refractivity contribution < 1.29 is 30.7 Å². The molecule has 3 aromatic rings.